The fraction of sp³-hybridized carbons (Fsp3) is 0.370. The third kappa shape index (κ3) is 6.30. The summed E-state index contributed by atoms with van der Waals surface area (Å²) in [5, 5.41) is 8.64. The van der Waals surface area contributed by atoms with E-state index in [0.717, 1.165) is 34.2 Å². The Kier molecular flexibility index (Phi) is 9.15. The number of nitrogens with zero attached hydrogens (tertiary/aromatic N) is 3. The zero-order valence-corrected chi connectivity index (χ0v) is 23.8. The molecule has 0 fully saturated rings. The quantitative estimate of drug-likeness (QED) is 0.157. The molecule has 1 N–H and O–H groups in total. The van der Waals surface area contributed by atoms with Gasteiger partial charge in [-0.25, -0.2) is 9.48 Å². The second-order valence-electron chi connectivity index (χ2n) is 8.48. The third-order valence-electron chi connectivity index (χ3n) is 5.86. The van der Waals surface area contributed by atoms with Gasteiger partial charge in [0.15, 0.2) is 11.5 Å². The number of halogens is 1. The van der Waals surface area contributed by atoms with Crippen molar-refractivity contribution in [1.29, 1.82) is 0 Å². The van der Waals surface area contributed by atoms with E-state index >= 15 is 0 Å². The number of thioether (sulfide) groups is 1. The molecule has 10 heteroatoms. The minimum atomic E-state index is -0.531. The molecule has 2 heterocycles. The van der Waals surface area contributed by atoms with Crippen LogP contribution in [0.3, 0.4) is 0 Å². The average Bonchev–Trinajstić information content (AvgIpc) is 3.30. The molecule has 8 nitrogen and oxygen atoms in total. The van der Waals surface area contributed by atoms with Gasteiger partial charge in [-0.05, 0) is 55.7 Å². The Balaban J connectivity index is 1.69. The molecule has 1 aliphatic rings. The zero-order valence-electron chi connectivity index (χ0n) is 21.4. The van der Waals surface area contributed by atoms with E-state index in [1.54, 1.807) is 16.4 Å². The number of nitrogens with one attached hydrogen (secondary N) is 1. The number of unbranched alkanes of at least 4 members (excludes halogenated alkanes) is 1. The van der Waals surface area contributed by atoms with Crippen LogP contribution in [-0.4, -0.2) is 40.2 Å². The molecular weight excluding hydrogens is 556 g/mol. The maximum absolute atomic E-state index is 12.9. The van der Waals surface area contributed by atoms with Crippen molar-refractivity contribution in [2.75, 3.05) is 24.8 Å². The van der Waals surface area contributed by atoms with Gasteiger partial charge in [0.2, 0.25) is 11.1 Å². The highest BCUT2D eigenvalue weighted by Gasteiger charge is 2.35. The van der Waals surface area contributed by atoms with Gasteiger partial charge in [0.05, 0.1) is 19.3 Å². The predicted octanol–water partition coefficient (Wildman–Crippen LogP) is 6.37. The monoisotopic (exact) mass is 586 g/mol. The van der Waals surface area contributed by atoms with Crippen molar-refractivity contribution in [2.24, 2.45) is 0 Å². The second-order valence-corrected chi connectivity index (χ2v) is 10.5. The van der Waals surface area contributed by atoms with Crippen LogP contribution in [0.4, 0.5) is 5.95 Å². The maximum atomic E-state index is 12.9. The molecule has 4 rings (SSSR count). The van der Waals surface area contributed by atoms with Gasteiger partial charge in [0.1, 0.15) is 12.6 Å². The summed E-state index contributed by atoms with van der Waals surface area (Å²) in [5.41, 5.74) is 3.00. The number of methoxy groups -OCH3 is 1. The van der Waals surface area contributed by atoms with Gasteiger partial charge in [0.25, 0.3) is 0 Å². The van der Waals surface area contributed by atoms with Gasteiger partial charge < -0.3 is 19.5 Å². The Bertz CT molecular complexity index is 1280. The molecule has 196 valence electrons. The fourth-order valence-corrected chi connectivity index (χ4v) is 5.18. The van der Waals surface area contributed by atoms with E-state index in [9.17, 15) is 4.79 Å². The van der Waals surface area contributed by atoms with Crippen LogP contribution in [0.5, 0.6) is 11.5 Å². The van der Waals surface area contributed by atoms with Crippen LogP contribution in [-0.2, 0) is 16.1 Å². The Morgan fingerprint density at radius 3 is 2.62 bits per heavy atom. The van der Waals surface area contributed by atoms with Crippen LogP contribution in [0.2, 0.25) is 0 Å². The number of hydrogen-bond acceptors (Lipinski definition) is 8. The molecule has 2 aromatic carbocycles. The minimum Gasteiger partial charge on any atom is -0.490 e. The van der Waals surface area contributed by atoms with E-state index in [-0.39, 0.29) is 0 Å². The smallest absolute Gasteiger partial charge is 0.338 e. The Hall–Kier alpha value is -2.98. The summed E-state index contributed by atoms with van der Waals surface area (Å²) in [6.07, 6.45) is 2.18. The van der Waals surface area contributed by atoms with E-state index in [2.05, 4.69) is 33.2 Å². The number of fused-ring (bicyclic) bond motifs is 1. The van der Waals surface area contributed by atoms with E-state index in [1.165, 1.54) is 7.11 Å². The summed E-state index contributed by atoms with van der Waals surface area (Å²) >= 11 is 5.06. The van der Waals surface area contributed by atoms with E-state index < -0.39 is 12.0 Å². The van der Waals surface area contributed by atoms with Crippen molar-refractivity contribution in [3.05, 3.63) is 69.3 Å². The number of ether oxygens (including phenoxy) is 3. The van der Waals surface area contributed by atoms with Gasteiger partial charge in [-0.1, -0.05) is 59.2 Å². The lowest BCUT2D eigenvalue weighted by atomic mass is 9.95. The molecule has 1 aliphatic heterocycles. The summed E-state index contributed by atoms with van der Waals surface area (Å²) in [6, 6.07) is 13.2. The van der Waals surface area contributed by atoms with Crippen LogP contribution in [0, 0.1) is 0 Å². The zero-order chi connectivity index (χ0) is 26.4. The lowest BCUT2D eigenvalue weighted by Crippen LogP contribution is -2.29. The summed E-state index contributed by atoms with van der Waals surface area (Å²) in [4.78, 5) is 17.6. The molecule has 3 aromatic rings. The topological polar surface area (TPSA) is 87.5 Å². The van der Waals surface area contributed by atoms with E-state index in [1.807, 2.05) is 56.3 Å². The van der Waals surface area contributed by atoms with Crippen LogP contribution in [0.15, 0.2) is 63.4 Å². The van der Waals surface area contributed by atoms with E-state index in [4.69, 9.17) is 19.3 Å². The highest BCUT2D eigenvalue weighted by Crippen LogP contribution is 2.40. The highest BCUT2D eigenvalue weighted by molar-refractivity contribution is 9.10. The van der Waals surface area contributed by atoms with Crippen molar-refractivity contribution >= 4 is 39.6 Å². The number of carbonyl (C=O) groups is 1. The molecule has 0 bridgehead atoms. The maximum Gasteiger partial charge on any atom is 0.338 e. The normalized spacial score (nSPS) is 14.7. The first-order chi connectivity index (χ1) is 17.9. The first-order valence-corrected chi connectivity index (χ1v) is 14.0. The molecule has 37 heavy (non-hydrogen) atoms. The molecule has 0 spiro atoms. The van der Waals surface area contributed by atoms with Crippen molar-refractivity contribution in [3.8, 4) is 11.5 Å². The van der Waals surface area contributed by atoms with Crippen LogP contribution < -0.4 is 14.8 Å². The molecule has 0 saturated heterocycles. The summed E-state index contributed by atoms with van der Waals surface area (Å²) < 4.78 is 20.0. The lowest BCUT2D eigenvalue weighted by Gasteiger charge is -2.28. The minimum absolute atomic E-state index is 0.401. The number of carbonyl (C=O) groups excluding carboxylic acids is 1. The summed E-state index contributed by atoms with van der Waals surface area (Å²) in [5.74, 6) is 2.31. The first kappa shape index (κ1) is 27.1. The van der Waals surface area contributed by atoms with Crippen molar-refractivity contribution in [1.82, 2.24) is 14.8 Å². The molecule has 0 radical (unpaired) electrons. The first-order valence-electron chi connectivity index (χ1n) is 12.2. The molecular formula is C27H31BrN4O4S. The SMILES string of the molecule is CCCCSc1nc2n(n1)C(c1ccc(OCc3ccc(Br)cc3)c(OCC)c1)C(C(=O)OC)=C(C)N2. The third-order valence-corrected chi connectivity index (χ3v) is 7.31. The number of benzene rings is 2. The van der Waals surface area contributed by atoms with E-state index in [0.29, 0.717) is 47.1 Å². The molecule has 0 aliphatic carbocycles. The molecule has 0 amide bonds. The largest absolute Gasteiger partial charge is 0.490 e. The number of allylic oxidation sites excluding steroid dienone is 1. The van der Waals surface area contributed by atoms with Gasteiger partial charge in [0, 0.05) is 15.9 Å². The average molecular weight is 588 g/mol. The predicted molar refractivity (Wildman–Crippen MR) is 148 cm³/mol. The number of anilines is 1. The van der Waals surface area contributed by atoms with Gasteiger partial charge in [-0.15, -0.1) is 5.10 Å². The Labute approximate surface area is 229 Å². The van der Waals surface area contributed by atoms with Crippen LogP contribution in [0.25, 0.3) is 0 Å². The van der Waals surface area contributed by atoms with Gasteiger partial charge in [-0.3, -0.25) is 0 Å². The highest BCUT2D eigenvalue weighted by atomic mass is 79.9. The van der Waals surface area contributed by atoms with Crippen molar-refractivity contribution in [2.45, 2.75) is 51.4 Å². The summed E-state index contributed by atoms with van der Waals surface area (Å²) in [7, 11) is 1.38. The number of rotatable bonds is 11. The molecule has 1 aromatic heterocycles. The molecule has 1 unspecified atom stereocenters. The number of esters is 1. The molecule has 0 saturated carbocycles. The van der Waals surface area contributed by atoms with Gasteiger partial charge in [-0.2, -0.15) is 4.98 Å². The fourth-order valence-electron chi connectivity index (χ4n) is 4.01. The Morgan fingerprint density at radius 1 is 1.14 bits per heavy atom. The number of aromatic nitrogens is 3. The summed E-state index contributed by atoms with van der Waals surface area (Å²) in [6.45, 7) is 6.80. The standard InChI is InChI=1S/C27H31BrN4O4S/c1-5-7-14-37-27-30-26-29-17(3)23(25(33)34-4)24(32(26)31-27)19-10-13-21(22(15-19)35-6-2)36-16-18-8-11-20(28)12-9-18/h8-13,15,24H,5-7,14,16H2,1-4H3,(H,29,30,31). The van der Waals surface area contributed by atoms with Crippen molar-refractivity contribution in [3.63, 3.8) is 0 Å². The van der Waals surface area contributed by atoms with Crippen LogP contribution in [0.1, 0.15) is 50.8 Å². The lowest BCUT2D eigenvalue weighted by molar-refractivity contribution is -0.136. The van der Waals surface area contributed by atoms with Gasteiger partial charge >= 0.3 is 5.97 Å². The van der Waals surface area contributed by atoms with Crippen LogP contribution >= 0.6 is 27.7 Å². The Morgan fingerprint density at radius 2 is 1.92 bits per heavy atom. The number of hydrogen-bond donors (Lipinski definition) is 1. The molecule has 1 atom stereocenters. The van der Waals surface area contributed by atoms with Crippen molar-refractivity contribution < 1.29 is 19.0 Å². The second kappa shape index (κ2) is 12.5.